The zero-order chi connectivity index (χ0) is 18.7. The highest BCUT2D eigenvalue weighted by molar-refractivity contribution is 6.04. The molecule has 0 aromatic heterocycles. The molecule has 1 aromatic rings. The van der Waals surface area contributed by atoms with E-state index in [2.05, 4.69) is 31.4 Å². The maximum Gasteiger partial charge on any atom is 0.133 e. The minimum atomic E-state index is -1.10. The second-order valence-electron chi connectivity index (χ2n) is 7.68. The molecule has 3 aliphatic rings. The average Bonchev–Trinajstić information content (AvgIpc) is 2.95. The SMILES string of the molecule is [2H][C@@]12C[C@H](/C(C)=C\C)[C@@H](C=C)CN1CC[C@@]1(O)C2=Nc2cccc(C)c21. The number of aryl methyl sites for hydroxylation is 1. The minimum absolute atomic E-state index is 0.265. The van der Waals surface area contributed by atoms with Gasteiger partial charge in [0.15, 0.2) is 0 Å². The number of hydrogen-bond acceptors (Lipinski definition) is 3. The summed E-state index contributed by atoms with van der Waals surface area (Å²) in [7, 11) is 0. The monoisotopic (exact) mass is 337 g/mol. The summed E-state index contributed by atoms with van der Waals surface area (Å²) >= 11 is 0. The first kappa shape index (κ1) is 15.5. The molecule has 25 heavy (non-hydrogen) atoms. The second kappa shape index (κ2) is 5.93. The third-order valence-corrected chi connectivity index (χ3v) is 6.39. The van der Waals surface area contributed by atoms with Crippen molar-refractivity contribution in [2.75, 3.05) is 13.1 Å². The van der Waals surface area contributed by atoms with Crippen LogP contribution in [-0.2, 0) is 5.60 Å². The second-order valence-corrected chi connectivity index (χ2v) is 7.68. The van der Waals surface area contributed by atoms with E-state index in [1.807, 2.05) is 31.2 Å². The zero-order valence-electron chi connectivity index (χ0n) is 16.4. The highest BCUT2D eigenvalue weighted by Gasteiger charge is 2.52. The number of benzene rings is 1. The van der Waals surface area contributed by atoms with Gasteiger partial charge in [-0.1, -0.05) is 29.9 Å². The van der Waals surface area contributed by atoms with Crippen LogP contribution in [0.2, 0.25) is 0 Å². The van der Waals surface area contributed by atoms with Crippen LogP contribution in [0.15, 0.2) is 47.5 Å². The molecular formula is C22H28N2O. The van der Waals surface area contributed by atoms with Crippen molar-refractivity contribution in [1.29, 1.82) is 0 Å². The molecule has 3 heterocycles. The molecule has 1 aromatic carbocycles. The Hall–Kier alpha value is -1.71. The fourth-order valence-corrected chi connectivity index (χ4v) is 4.86. The van der Waals surface area contributed by atoms with E-state index in [0.29, 0.717) is 31.0 Å². The Bertz CT molecular complexity index is 829. The molecule has 2 saturated heterocycles. The Balaban J connectivity index is 1.81. The van der Waals surface area contributed by atoms with Crippen LogP contribution in [0.1, 0.15) is 39.2 Å². The van der Waals surface area contributed by atoms with Crippen molar-refractivity contribution in [1.82, 2.24) is 4.90 Å². The first-order valence-corrected chi connectivity index (χ1v) is 9.27. The number of rotatable bonds is 2. The number of aliphatic imine (C=N–C) groups is 1. The summed E-state index contributed by atoms with van der Waals surface area (Å²) in [5.74, 6) is 0.600. The normalized spacial score (nSPS) is 38.3. The fraction of sp³-hybridized carbons (Fsp3) is 0.500. The van der Waals surface area contributed by atoms with Gasteiger partial charge in [0.1, 0.15) is 5.60 Å². The van der Waals surface area contributed by atoms with Gasteiger partial charge in [0, 0.05) is 18.7 Å². The molecule has 0 aliphatic carbocycles. The van der Waals surface area contributed by atoms with Crippen LogP contribution in [0, 0.1) is 18.8 Å². The van der Waals surface area contributed by atoms with Crippen molar-refractivity contribution in [3.05, 3.63) is 53.6 Å². The van der Waals surface area contributed by atoms with E-state index < -0.39 is 11.6 Å². The van der Waals surface area contributed by atoms with Crippen molar-refractivity contribution in [2.24, 2.45) is 16.8 Å². The summed E-state index contributed by atoms with van der Waals surface area (Å²) in [6, 6.07) is 5.00. The fourth-order valence-electron chi connectivity index (χ4n) is 4.86. The summed E-state index contributed by atoms with van der Waals surface area (Å²) in [5.41, 5.74) is 3.61. The number of allylic oxidation sites excluding steroid dienone is 2. The largest absolute Gasteiger partial charge is 0.379 e. The van der Waals surface area contributed by atoms with E-state index in [1.54, 1.807) is 0 Å². The number of aliphatic hydroxyl groups is 1. The van der Waals surface area contributed by atoms with Crippen LogP contribution in [0.4, 0.5) is 5.69 Å². The molecule has 1 N–H and O–H groups in total. The summed E-state index contributed by atoms with van der Waals surface area (Å²) in [6.45, 7) is 11.8. The van der Waals surface area contributed by atoms with Gasteiger partial charge in [-0.25, -0.2) is 0 Å². The van der Waals surface area contributed by atoms with Gasteiger partial charge in [0.2, 0.25) is 0 Å². The van der Waals surface area contributed by atoms with E-state index in [9.17, 15) is 6.48 Å². The maximum atomic E-state index is 11.6. The van der Waals surface area contributed by atoms with Crippen LogP contribution in [0.25, 0.3) is 0 Å². The maximum absolute atomic E-state index is 11.6. The van der Waals surface area contributed by atoms with Gasteiger partial charge in [-0.3, -0.25) is 9.89 Å². The van der Waals surface area contributed by atoms with Crippen molar-refractivity contribution in [2.45, 2.75) is 45.2 Å². The summed E-state index contributed by atoms with van der Waals surface area (Å²) in [6.07, 6.45) is 5.42. The quantitative estimate of drug-likeness (QED) is 0.824. The molecule has 0 radical (unpaired) electrons. The lowest BCUT2D eigenvalue weighted by molar-refractivity contribution is 0.0262. The number of nitrogens with zero attached hydrogens (tertiary/aromatic N) is 2. The molecule has 2 fully saturated rings. The van der Waals surface area contributed by atoms with E-state index in [1.165, 1.54) is 5.57 Å². The minimum Gasteiger partial charge on any atom is -0.379 e. The number of fused-ring (bicyclic) bond motifs is 5. The standard InChI is InChI=1S/C22H28N2O/c1-5-14(3)17-12-19-21-22(25,10-11-24(19)13-16(17)6-2)20-15(4)8-7-9-18(20)23-21/h5-9,16-17,19,25H,2,10-13H2,1,3-4H3/b14-5-/t16-,17+,19-,22-/m0/s1/i19D. The van der Waals surface area contributed by atoms with Crippen molar-refractivity contribution in [3.8, 4) is 0 Å². The summed E-state index contributed by atoms with van der Waals surface area (Å²) in [5, 5.41) is 11.6. The molecule has 0 saturated carbocycles. The molecule has 3 heteroatoms. The smallest absolute Gasteiger partial charge is 0.133 e. The van der Waals surface area contributed by atoms with Gasteiger partial charge in [-0.05, 0) is 57.1 Å². The topological polar surface area (TPSA) is 35.8 Å². The third-order valence-electron chi connectivity index (χ3n) is 6.39. The van der Waals surface area contributed by atoms with Gasteiger partial charge in [-0.15, -0.1) is 6.58 Å². The van der Waals surface area contributed by atoms with Crippen LogP contribution >= 0.6 is 0 Å². The molecule has 3 aliphatic heterocycles. The van der Waals surface area contributed by atoms with Gasteiger partial charge in [0.05, 0.1) is 18.8 Å². The van der Waals surface area contributed by atoms with E-state index in [0.717, 1.165) is 23.4 Å². The molecule has 3 nitrogen and oxygen atoms in total. The molecule has 4 rings (SSSR count). The van der Waals surface area contributed by atoms with Crippen molar-refractivity contribution in [3.63, 3.8) is 0 Å². The first-order valence-electron chi connectivity index (χ1n) is 9.77. The molecule has 0 unspecified atom stereocenters. The Morgan fingerprint density at radius 2 is 2.32 bits per heavy atom. The molecule has 4 atom stereocenters. The van der Waals surface area contributed by atoms with Crippen molar-refractivity contribution >= 4 is 11.4 Å². The predicted molar refractivity (Wildman–Crippen MR) is 103 cm³/mol. The van der Waals surface area contributed by atoms with E-state index in [-0.39, 0.29) is 5.92 Å². The van der Waals surface area contributed by atoms with Crippen LogP contribution in [-0.4, -0.2) is 34.8 Å². The number of piperidine rings is 2. The van der Waals surface area contributed by atoms with Crippen molar-refractivity contribution < 1.29 is 6.48 Å². The molecule has 0 amide bonds. The lowest BCUT2D eigenvalue weighted by Crippen LogP contribution is -2.60. The third kappa shape index (κ3) is 2.37. The van der Waals surface area contributed by atoms with Gasteiger partial charge in [0.25, 0.3) is 0 Å². The Labute approximate surface area is 152 Å². The van der Waals surface area contributed by atoms with Gasteiger partial charge in [-0.2, -0.15) is 0 Å². The molecule has 0 spiro atoms. The Kier molecular flexibility index (Phi) is 3.68. The van der Waals surface area contributed by atoms with Gasteiger partial charge < -0.3 is 5.11 Å². The van der Waals surface area contributed by atoms with Gasteiger partial charge >= 0.3 is 0 Å². The molecular weight excluding hydrogens is 308 g/mol. The lowest BCUT2D eigenvalue weighted by Gasteiger charge is -2.50. The Morgan fingerprint density at radius 3 is 3.04 bits per heavy atom. The van der Waals surface area contributed by atoms with E-state index >= 15 is 0 Å². The highest BCUT2D eigenvalue weighted by atomic mass is 16.3. The van der Waals surface area contributed by atoms with Crippen LogP contribution in [0.3, 0.4) is 0 Å². The number of hydrogen-bond donors (Lipinski definition) is 1. The summed E-state index contributed by atoms with van der Waals surface area (Å²) < 4.78 is 9.41. The van der Waals surface area contributed by atoms with E-state index in [4.69, 9.17) is 4.99 Å². The zero-order valence-corrected chi connectivity index (χ0v) is 15.4. The van der Waals surface area contributed by atoms with Crippen LogP contribution in [0.5, 0.6) is 0 Å². The Morgan fingerprint density at radius 1 is 1.52 bits per heavy atom. The highest BCUT2D eigenvalue weighted by Crippen LogP contribution is 2.49. The molecule has 0 bridgehead atoms. The predicted octanol–water partition coefficient (Wildman–Crippen LogP) is 4.13. The summed E-state index contributed by atoms with van der Waals surface area (Å²) in [4.78, 5) is 7.03. The molecule has 132 valence electrons. The first-order chi connectivity index (χ1) is 12.3. The van der Waals surface area contributed by atoms with Crippen LogP contribution < -0.4 is 0 Å². The average molecular weight is 337 g/mol. The lowest BCUT2D eigenvalue weighted by atomic mass is 9.70.